The standard InChI is InChI=1S/C10H21NO/c1-7-6-8(2)12-9(3)10(7)11(4)5/h7-10H,6H2,1-5H3. The van der Waals surface area contributed by atoms with Crippen LogP contribution in [0.15, 0.2) is 0 Å². The van der Waals surface area contributed by atoms with Crippen LogP contribution in [0.4, 0.5) is 0 Å². The predicted molar refractivity (Wildman–Crippen MR) is 51.3 cm³/mol. The van der Waals surface area contributed by atoms with E-state index in [0.717, 1.165) is 5.92 Å². The van der Waals surface area contributed by atoms with E-state index in [2.05, 4.69) is 39.8 Å². The molecule has 0 aromatic heterocycles. The minimum Gasteiger partial charge on any atom is -0.374 e. The van der Waals surface area contributed by atoms with Gasteiger partial charge in [0.1, 0.15) is 0 Å². The Hall–Kier alpha value is -0.0800. The maximum absolute atomic E-state index is 5.79. The van der Waals surface area contributed by atoms with Gasteiger partial charge in [0, 0.05) is 6.04 Å². The average Bonchev–Trinajstić information content (AvgIpc) is 1.82. The van der Waals surface area contributed by atoms with Crippen LogP contribution in [0.1, 0.15) is 27.2 Å². The highest BCUT2D eigenvalue weighted by Crippen LogP contribution is 2.27. The molecule has 1 aliphatic rings. The maximum atomic E-state index is 5.79. The molecule has 0 saturated carbocycles. The zero-order chi connectivity index (χ0) is 9.30. The number of hydrogen-bond donors (Lipinski definition) is 0. The van der Waals surface area contributed by atoms with Gasteiger partial charge in [0.25, 0.3) is 0 Å². The third-order valence-electron chi connectivity index (χ3n) is 2.81. The van der Waals surface area contributed by atoms with Crippen molar-refractivity contribution in [2.45, 2.75) is 45.4 Å². The van der Waals surface area contributed by atoms with E-state index >= 15 is 0 Å². The van der Waals surface area contributed by atoms with Gasteiger partial charge in [0.2, 0.25) is 0 Å². The van der Waals surface area contributed by atoms with Gasteiger partial charge in [-0.15, -0.1) is 0 Å². The Kier molecular flexibility index (Phi) is 3.13. The Morgan fingerprint density at radius 1 is 1.17 bits per heavy atom. The number of nitrogens with zero attached hydrogens (tertiary/aromatic N) is 1. The summed E-state index contributed by atoms with van der Waals surface area (Å²) in [5, 5.41) is 0. The van der Waals surface area contributed by atoms with Crippen LogP contribution in [0.3, 0.4) is 0 Å². The van der Waals surface area contributed by atoms with Gasteiger partial charge < -0.3 is 9.64 Å². The molecule has 2 heteroatoms. The molecule has 72 valence electrons. The highest BCUT2D eigenvalue weighted by atomic mass is 16.5. The summed E-state index contributed by atoms with van der Waals surface area (Å²) in [7, 11) is 4.27. The Labute approximate surface area is 75.9 Å². The van der Waals surface area contributed by atoms with Crippen LogP contribution in [0, 0.1) is 5.92 Å². The summed E-state index contributed by atoms with van der Waals surface area (Å²) >= 11 is 0. The second-order valence-corrected chi connectivity index (χ2v) is 4.32. The van der Waals surface area contributed by atoms with Crippen molar-refractivity contribution in [3.63, 3.8) is 0 Å². The number of rotatable bonds is 1. The number of hydrogen-bond acceptors (Lipinski definition) is 2. The van der Waals surface area contributed by atoms with Gasteiger partial charge >= 0.3 is 0 Å². The van der Waals surface area contributed by atoms with Crippen molar-refractivity contribution in [2.24, 2.45) is 5.92 Å². The summed E-state index contributed by atoms with van der Waals surface area (Å²) in [6.07, 6.45) is 2.00. The summed E-state index contributed by atoms with van der Waals surface area (Å²) in [5.74, 6) is 0.749. The molecule has 0 radical (unpaired) electrons. The second-order valence-electron chi connectivity index (χ2n) is 4.32. The quantitative estimate of drug-likeness (QED) is 0.596. The fourth-order valence-electron chi connectivity index (χ4n) is 2.56. The van der Waals surface area contributed by atoms with Crippen molar-refractivity contribution in [3.8, 4) is 0 Å². The summed E-state index contributed by atoms with van der Waals surface area (Å²) in [4.78, 5) is 2.28. The SMILES string of the molecule is CC1CC(C)C(N(C)C)C(C)O1. The van der Waals surface area contributed by atoms with Crippen LogP contribution in [0.5, 0.6) is 0 Å². The molecule has 1 rings (SSSR count). The van der Waals surface area contributed by atoms with Crippen molar-refractivity contribution in [3.05, 3.63) is 0 Å². The van der Waals surface area contributed by atoms with Crippen molar-refractivity contribution >= 4 is 0 Å². The summed E-state index contributed by atoms with van der Waals surface area (Å²) in [5.41, 5.74) is 0. The highest BCUT2D eigenvalue weighted by Gasteiger charge is 2.33. The Morgan fingerprint density at radius 2 is 1.75 bits per heavy atom. The molecule has 0 aromatic carbocycles. The molecule has 1 heterocycles. The Morgan fingerprint density at radius 3 is 2.17 bits per heavy atom. The van der Waals surface area contributed by atoms with E-state index in [-0.39, 0.29) is 0 Å². The molecule has 1 aliphatic heterocycles. The highest BCUT2D eigenvalue weighted by molar-refractivity contribution is 4.85. The van der Waals surface area contributed by atoms with E-state index < -0.39 is 0 Å². The monoisotopic (exact) mass is 171 g/mol. The molecule has 1 saturated heterocycles. The van der Waals surface area contributed by atoms with E-state index in [1.54, 1.807) is 0 Å². The lowest BCUT2D eigenvalue weighted by molar-refractivity contribution is -0.0955. The number of likely N-dealkylation sites (N-methyl/N-ethyl adjacent to an activating group) is 1. The fourth-order valence-corrected chi connectivity index (χ4v) is 2.56. The van der Waals surface area contributed by atoms with E-state index in [9.17, 15) is 0 Å². The van der Waals surface area contributed by atoms with Gasteiger partial charge in [-0.3, -0.25) is 0 Å². The van der Waals surface area contributed by atoms with Crippen molar-refractivity contribution in [1.29, 1.82) is 0 Å². The summed E-state index contributed by atoms with van der Waals surface area (Å²) in [6, 6.07) is 0.584. The molecule has 4 atom stereocenters. The van der Waals surface area contributed by atoms with Crippen LogP contribution in [0.25, 0.3) is 0 Å². The average molecular weight is 171 g/mol. The molecule has 0 amide bonds. The van der Waals surface area contributed by atoms with Gasteiger partial charge in [-0.25, -0.2) is 0 Å². The van der Waals surface area contributed by atoms with E-state index in [0.29, 0.717) is 18.2 Å². The van der Waals surface area contributed by atoms with Gasteiger partial charge in [-0.2, -0.15) is 0 Å². The first kappa shape index (κ1) is 10.0. The van der Waals surface area contributed by atoms with Gasteiger partial charge in [-0.05, 0) is 40.3 Å². The molecular formula is C10H21NO. The molecule has 1 fully saturated rings. The normalized spacial score (nSPS) is 43.5. The van der Waals surface area contributed by atoms with E-state index in [1.165, 1.54) is 6.42 Å². The van der Waals surface area contributed by atoms with Crippen molar-refractivity contribution in [2.75, 3.05) is 14.1 Å². The fraction of sp³-hybridized carbons (Fsp3) is 1.00. The smallest absolute Gasteiger partial charge is 0.0708 e. The largest absolute Gasteiger partial charge is 0.374 e. The predicted octanol–water partition coefficient (Wildman–Crippen LogP) is 1.75. The van der Waals surface area contributed by atoms with Gasteiger partial charge in [-0.1, -0.05) is 6.92 Å². The van der Waals surface area contributed by atoms with Crippen molar-refractivity contribution < 1.29 is 4.74 Å². The van der Waals surface area contributed by atoms with E-state index in [1.807, 2.05) is 0 Å². The lowest BCUT2D eigenvalue weighted by Gasteiger charge is -2.41. The molecule has 12 heavy (non-hydrogen) atoms. The van der Waals surface area contributed by atoms with Crippen LogP contribution >= 0.6 is 0 Å². The molecule has 0 aliphatic carbocycles. The number of ether oxygens (including phenoxy) is 1. The topological polar surface area (TPSA) is 12.5 Å². The molecule has 4 unspecified atom stereocenters. The van der Waals surface area contributed by atoms with Gasteiger partial charge in [0.15, 0.2) is 0 Å². The molecular weight excluding hydrogens is 150 g/mol. The first-order valence-electron chi connectivity index (χ1n) is 4.84. The maximum Gasteiger partial charge on any atom is 0.0708 e. The van der Waals surface area contributed by atoms with Crippen LogP contribution < -0.4 is 0 Å². The minimum absolute atomic E-state index is 0.374. The summed E-state index contributed by atoms with van der Waals surface area (Å²) in [6.45, 7) is 6.66. The molecule has 0 aromatic rings. The molecule has 0 spiro atoms. The minimum atomic E-state index is 0.374. The Bertz CT molecular complexity index is 135. The third kappa shape index (κ3) is 1.99. The summed E-state index contributed by atoms with van der Waals surface area (Å²) < 4.78 is 5.79. The zero-order valence-corrected chi connectivity index (χ0v) is 8.87. The molecule has 0 N–H and O–H groups in total. The lowest BCUT2D eigenvalue weighted by Crippen LogP contribution is -2.49. The van der Waals surface area contributed by atoms with Crippen LogP contribution in [-0.2, 0) is 4.74 Å². The van der Waals surface area contributed by atoms with Crippen LogP contribution in [-0.4, -0.2) is 37.2 Å². The van der Waals surface area contributed by atoms with Gasteiger partial charge in [0.05, 0.1) is 12.2 Å². The zero-order valence-electron chi connectivity index (χ0n) is 8.87. The van der Waals surface area contributed by atoms with E-state index in [4.69, 9.17) is 4.74 Å². The first-order chi connectivity index (χ1) is 5.52. The first-order valence-corrected chi connectivity index (χ1v) is 4.84. The third-order valence-corrected chi connectivity index (χ3v) is 2.81. The molecule has 0 bridgehead atoms. The van der Waals surface area contributed by atoms with Crippen LogP contribution in [0.2, 0.25) is 0 Å². The lowest BCUT2D eigenvalue weighted by atomic mass is 9.88. The Balaban J connectivity index is 2.60. The molecule has 2 nitrogen and oxygen atoms in total. The van der Waals surface area contributed by atoms with Crippen molar-refractivity contribution in [1.82, 2.24) is 4.90 Å². The second kappa shape index (κ2) is 3.75.